The fourth-order valence-corrected chi connectivity index (χ4v) is 9.48. The summed E-state index contributed by atoms with van der Waals surface area (Å²) < 4.78 is 34.6. The van der Waals surface area contributed by atoms with Crippen LogP contribution in [0.25, 0.3) is 10.9 Å². The van der Waals surface area contributed by atoms with Crippen LogP contribution in [0.4, 0.5) is 5.95 Å². The third-order valence-corrected chi connectivity index (χ3v) is 13.9. The number of pyridine rings is 1. The number of carbonyl (C=O) groups is 3. The molecule has 1 aromatic carbocycles. The van der Waals surface area contributed by atoms with Gasteiger partial charge in [0.25, 0.3) is 5.91 Å². The summed E-state index contributed by atoms with van der Waals surface area (Å²) in [5, 5.41) is 7.24. The number of hydrogen-bond donors (Lipinski definition) is 3. The minimum absolute atomic E-state index is 0.152. The van der Waals surface area contributed by atoms with Crippen LogP contribution >= 0.6 is 0 Å². The number of allylic oxidation sites excluding steroid dienone is 1. The van der Waals surface area contributed by atoms with Gasteiger partial charge in [0.1, 0.15) is 29.0 Å². The van der Waals surface area contributed by atoms with Gasteiger partial charge in [-0.05, 0) is 77.3 Å². The van der Waals surface area contributed by atoms with Gasteiger partial charge < -0.3 is 20.3 Å². The molecule has 13 nitrogen and oxygen atoms in total. The van der Waals surface area contributed by atoms with E-state index < -0.39 is 49.8 Å². The number of carbonyl (C=O) groups excluding carboxylic acids is 3. The number of para-hydroxylation sites is 1. The minimum atomic E-state index is -3.95. The van der Waals surface area contributed by atoms with Crippen LogP contribution in [0.5, 0.6) is 5.75 Å². The molecule has 14 heteroatoms. The Kier molecular flexibility index (Phi) is 8.50. The number of nitrogens with one attached hydrogen (secondary N) is 3. The van der Waals surface area contributed by atoms with E-state index in [9.17, 15) is 22.8 Å². The average Bonchev–Trinajstić information content (AvgIpc) is 4.02. The van der Waals surface area contributed by atoms with Gasteiger partial charge in [-0.3, -0.25) is 19.1 Å². The number of aryl methyl sites for hydroxylation is 2. The molecule has 3 fully saturated rings. The fourth-order valence-electron chi connectivity index (χ4n) is 8.17. The molecule has 1 saturated heterocycles. The number of hydrogen-bond acceptors (Lipinski definition) is 10. The van der Waals surface area contributed by atoms with Crippen molar-refractivity contribution in [1.82, 2.24) is 29.9 Å². The van der Waals surface area contributed by atoms with Gasteiger partial charge in [-0.2, -0.15) is 0 Å². The third-order valence-electron chi connectivity index (χ3n) is 11.8. The van der Waals surface area contributed by atoms with Crippen molar-refractivity contribution in [2.45, 2.75) is 112 Å². The van der Waals surface area contributed by atoms with Crippen molar-refractivity contribution < 1.29 is 27.5 Å². The van der Waals surface area contributed by atoms with E-state index >= 15 is 0 Å². The first-order valence-electron chi connectivity index (χ1n) is 18.4. The maximum Gasteiger partial charge on any atom is 0.259 e. The molecule has 52 heavy (non-hydrogen) atoms. The highest BCUT2D eigenvalue weighted by Gasteiger charge is 2.64. The summed E-state index contributed by atoms with van der Waals surface area (Å²) in [5.41, 5.74) is 0.344. The highest BCUT2D eigenvalue weighted by Crippen LogP contribution is 2.49. The largest absolute Gasteiger partial charge is 0.483 e. The monoisotopic (exact) mass is 727 g/mol. The first kappa shape index (κ1) is 34.5. The lowest BCUT2D eigenvalue weighted by molar-refractivity contribution is -0.140. The second-order valence-electron chi connectivity index (χ2n) is 15.5. The van der Waals surface area contributed by atoms with E-state index in [-0.39, 0.29) is 31.2 Å². The van der Waals surface area contributed by atoms with Gasteiger partial charge >= 0.3 is 0 Å². The molecule has 2 aromatic heterocycles. The topological polar surface area (TPSA) is 173 Å². The SMILES string of the molecule is Cc1nc2ccccc2c2c1O[C@]1(CC2)C[C@H]2C(=O)N[C@]3(C(=O)NS(=O)(=O)C4(C)CC4)C[C@H]3/C=C\CCCCC[C@H](Nc3ncccn3)C(=O)N2C1. The van der Waals surface area contributed by atoms with Crippen LogP contribution in [0.2, 0.25) is 0 Å². The number of rotatable bonds is 5. The van der Waals surface area contributed by atoms with Crippen LogP contribution in [-0.2, 0) is 30.8 Å². The second kappa shape index (κ2) is 12.8. The van der Waals surface area contributed by atoms with Gasteiger partial charge in [-0.1, -0.05) is 43.2 Å². The van der Waals surface area contributed by atoms with Crippen molar-refractivity contribution in [3.8, 4) is 5.75 Å². The Morgan fingerprint density at radius 1 is 1.04 bits per heavy atom. The third kappa shape index (κ3) is 6.18. The number of nitrogens with zero attached hydrogens (tertiary/aromatic N) is 4. The first-order chi connectivity index (χ1) is 24.9. The Morgan fingerprint density at radius 2 is 1.83 bits per heavy atom. The summed E-state index contributed by atoms with van der Waals surface area (Å²) >= 11 is 0. The summed E-state index contributed by atoms with van der Waals surface area (Å²) in [6.45, 7) is 3.68. The molecule has 0 radical (unpaired) electrons. The van der Waals surface area contributed by atoms with E-state index in [0.29, 0.717) is 43.8 Å². The van der Waals surface area contributed by atoms with Gasteiger partial charge in [-0.15, -0.1) is 0 Å². The Balaban J connectivity index is 1.14. The predicted octanol–water partition coefficient (Wildman–Crippen LogP) is 3.87. The molecule has 3 aromatic rings. The lowest BCUT2D eigenvalue weighted by Crippen LogP contribution is -2.58. The second-order valence-corrected chi connectivity index (χ2v) is 17.7. The van der Waals surface area contributed by atoms with Crippen LogP contribution in [0, 0.1) is 12.8 Å². The van der Waals surface area contributed by atoms with Gasteiger partial charge in [0.2, 0.25) is 27.8 Å². The minimum Gasteiger partial charge on any atom is -0.483 e. The maximum atomic E-state index is 14.7. The van der Waals surface area contributed by atoms with Crippen LogP contribution in [0.3, 0.4) is 0 Å². The zero-order valence-corrected chi connectivity index (χ0v) is 30.4. The molecule has 5 aliphatic rings. The number of ether oxygens (including phenoxy) is 1. The van der Waals surface area contributed by atoms with Crippen LogP contribution in [-0.4, -0.2) is 80.5 Å². The lowest BCUT2D eigenvalue weighted by Gasteiger charge is -2.36. The molecule has 2 aliphatic carbocycles. The zero-order valence-electron chi connectivity index (χ0n) is 29.6. The van der Waals surface area contributed by atoms with E-state index in [1.165, 1.54) is 0 Å². The molecule has 3 aliphatic heterocycles. The molecule has 3 N–H and O–H groups in total. The highest BCUT2D eigenvalue weighted by molar-refractivity contribution is 7.91. The van der Waals surface area contributed by atoms with E-state index in [2.05, 4.69) is 25.3 Å². The van der Waals surface area contributed by atoms with Gasteiger partial charge in [-0.25, -0.2) is 23.4 Å². The predicted molar refractivity (Wildman–Crippen MR) is 194 cm³/mol. The first-order valence-corrected chi connectivity index (χ1v) is 19.9. The summed E-state index contributed by atoms with van der Waals surface area (Å²) in [7, 11) is -3.95. The van der Waals surface area contributed by atoms with Crippen LogP contribution in [0.15, 0.2) is 54.9 Å². The smallest absolute Gasteiger partial charge is 0.259 e. The zero-order chi connectivity index (χ0) is 36.3. The van der Waals surface area contributed by atoms with Crippen molar-refractivity contribution in [1.29, 1.82) is 0 Å². The fraction of sp³-hybridized carbons (Fsp3) is 0.526. The molecule has 8 rings (SSSR count). The van der Waals surface area contributed by atoms with Gasteiger partial charge in [0.05, 0.1) is 22.5 Å². The Morgan fingerprint density at radius 3 is 2.62 bits per heavy atom. The number of benzene rings is 1. The molecule has 274 valence electrons. The van der Waals surface area contributed by atoms with Crippen LogP contribution < -0.4 is 20.1 Å². The van der Waals surface area contributed by atoms with Crippen molar-refractivity contribution in [3.63, 3.8) is 0 Å². The summed E-state index contributed by atoms with van der Waals surface area (Å²) in [5.74, 6) is -0.928. The standard InChI is InChI=1S/C38H45N7O6S/c1-24-31-27(26-12-8-9-13-28(26)41-24)15-16-37(51-31)22-30-32(46)43-38(34(48)44-52(49,50)36(2)17-18-36)21-25(38)11-6-4-3-5-7-14-29(33(47)45(30)23-37)42-35-39-19-10-20-40-35/h6,8-13,19-20,25,29-30H,3-5,7,14-18,21-23H2,1-2H3,(H,43,46)(H,44,48)(H,39,40,42)/b11-6-/t25-,29+,30+,37-,38-/m1/s1. The van der Waals surface area contributed by atoms with Crippen molar-refractivity contribution in [2.75, 3.05) is 11.9 Å². The number of sulfonamides is 1. The molecular weight excluding hydrogens is 683 g/mol. The molecule has 1 spiro atoms. The van der Waals surface area contributed by atoms with E-state index in [0.717, 1.165) is 47.8 Å². The average molecular weight is 728 g/mol. The van der Waals surface area contributed by atoms with Crippen LogP contribution in [0.1, 0.15) is 82.4 Å². The van der Waals surface area contributed by atoms with Crippen molar-refractivity contribution in [2.24, 2.45) is 5.92 Å². The molecule has 5 heterocycles. The molecule has 2 saturated carbocycles. The number of fused-ring (bicyclic) bond motifs is 5. The quantitative estimate of drug-likeness (QED) is 0.328. The van der Waals surface area contributed by atoms with Crippen molar-refractivity contribution >= 4 is 44.6 Å². The Hall–Kier alpha value is -4.59. The van der Waals surface area contributed by atoms with Gasteiger partial charge in [0.15, 0.2) is 0 Å². The number of amides is 3. The van der Waals surface area contributed by atoms with E-state index in [1.54, 1.807) is 30.3 Å². The normalized spacial score (nSPS) is 30.4. The molecule has 3 amide bonds. The van der Waals surface area contributed by atoms with Crippen molar-refractivity contribution in [3.05, 3.63) is 66.1 Å². The molecular formula is C38H45N7O6S. The lowest BCUT2D eigenvalue weighted by atomic mass is 9.87. The number of anilines is 1. The van der Waals surface area contributed by atoms with E-state index in [4.69, 9.17) is 9.72 Å². The number of aromatic nitrogens is 3. The Labute approximate surface area is 303 Å². The highest BCUT2D eigenvalue weighted by atomic mass is 32.2. The summed E-state index contributed by atoms with van der Waals surface area (Å²) in [6, 6.07) is 7.95. The molecule has 0 bridgehead atoms. The van der Waals surface area contributed by atoms with Gasteiger partial charge in [0, 0.05) is 35.7 Å². The summed E-state index contributed by atoms with van der Waals surface area (Å²) in [6.07, 6.45) is 13.5. The summed E-state index contributed by atoms with van der Waals surface area (Å²) in [4.78, 5) is 58.3. The van der Waals surface area contributed by atoms with E-state index in [1.807, 2.05) is 43.3 Å². The molecule has 0 unspecified atom stereocenters. The molecule has 5 atom stereocenters. The Bertz CT molecular complexity index is 2070. The maximum absolute atomic E-state index is 14.7.